The van der Waals surface area contributed by atoms with E-state index < -0.39 is 5.97 Å². The molecule has 4 nitrogen and oxygen atoms in total. The lowest BCUT2D eigenvalue weighted by molar-refractivity contribution is 0.0697. The lowest BCUT2D eigenvalue weighted by atomic mass is 10.0. The monoisotopic (exact) mass is 268 g/mol. The maximum absolute atomic E-state index is 11.1. The van der Waals surface area contributed by atoms with Crippen molar-refractivity contribution in [2.24, 2.45) is 0 Å². The Kier molecular flexibility index (Phi) is 3.26. The number of aromatic nitrogens is 2. The van der Waals surface area contributed by atoms with Gasteiger partial charge in [0.25, 0.3) is 0 Å². The van der Waals surface area contributed by atoms with E-state index in [9.17, 15) is 4.79 Å². The van der Waals surface area contributed by atoms with Gasteiger partial charge < -0.3 is 5.11 Å². The molecule has 1 N–H and O–H groups in total. The molecule has 86 valence electrons. The first-order valence-corrected chi connectivity index (χ1v) is 5.35. The third-order valence-corrected chi connectivity index (χ3v) is 2.69. The molecule has 0 saturated heterocycles. The van der Waals surface area contributed by atoms with Gasteiger partial charge in [-0.25, -0.2) is 4.79 Å². The minimum absolute atomic E-state index is 0.0658. The lowest BCUT2D eigenvalue weighted by Crippen LogP contribution is -2.03. The van der Waals surface area contributed by atoms with Crippen molar-refractivity contribution >= 4 is 29.2 Å². The average Bonchev–Trinajstić information content (AvgIpc) is 2.29. The van der Waals surface area contributed by atoms with Crippen LogP contribution in [-0.4, -0.2) is 21.3 Å². The highest BCUT2D eigenvalue weighted by molar-refractivity contribution is 6.33. The predicted octanol–water partition coefficient (Wildman–Crippen LogP) is 3.15. The van der Waals surface area contributed by atoms with E-state index >= 15 is 0 Å². The quantitative estimate of drug-likeness (QED) is 0.909. The van der Waals surface area contributed by atoms with Crippen molar-refractivity contribution in [2.75, 3.05) is 0 Å². The van der Waals surface area contributed by atoms with E-state index in [2.05, 4.69) is 10.2 Å². The summed E-state index contributed by atoms with van der Waals surface area (Å²) in [5.74, 6) is -1.14. The molecule has 0 aliphatic heterocycles. The molecule has 0 fully saturated rings. The van der Waals surface area contributed by atoms with Crippen molar-refractivity contribution in [3.8, 4) is 11.1 Å². The molecular formula is C11H6Cl2N2O2. The summed E-state index contributed by atoms with van der Waals surface area (Å²) in [6, 6.07) is 6.72. The average molecular weight is 269 g/mol. The summed E-state index contributed by atoms with van der Waals surface area (Å²) in [6.45, 7) is 0. The molecule has 0 bridgehead atoms. The summed E-state index contributed by atoms with van der Waals surface area (Å²) in [4.78, 5) is 11.1. The highest BCUT2D eigenvalue weighted by Crippen LogP contribution is 2.27. The minimum Gasteiger partial charge on any atom is -0.478 e. The third kappa shape index (κ3) is 2.38. The molecular weight excluding hydrogens is 263 g/mol. The van der Waals surface area contributed by atoms with Crippen LogP contribution in [0.15, 0.2) is 30.5 Å². The number of carboxylic acids is 1. The number of carbonyl (C=O) groups is 1. The van der Waals surface area contributed by atoms with E-state index in [1.54, 1.807) is 24.3 Å². The van der Waals surface area contributed by atoms with Crippen LogP contribution in [0, 0.1) is 0 Å². The minimum atomic E-state index is -1.14. The second-order valence-electron chi connectivity index (χ2n) is 3.24. The Morgan fingerprint density at radius 1 is 1.18 bits per heavy atom. The van der Waals surface area contributed by atoms with Gasteiger partial charge in [-0.3, -0.25) is 0 Å². The van der Waals surface area contributed by atoms with E-state index in [-0.39, 0.29) is 10.7 Å². The zero-order chi connectivity index (χ0) is 12.4. The van der Waals surface area contributed by atoms with Gasteiger partial charge in [-0.2, -0.15) is 5.10 Å². The maximum atomic E-state index is 11.1. The van der Waals surface area contributed by atoms with Crippen molar-refractivity contribution in [3.05, 3.63) is 46.2 Å². The molecule has 2 aromatic rings. The van der Waals surface area contributed by atoms with Gasteiger partial charge in [0.15, 0.2) is 5.15 Å². The number of nitrogens with zero attached hydrogens (tertiary/aromatic N) is 2. The Morgan fingerprint density at radius 3 is 2.41 bits per heavy atom. The number of aromatic carboxylic acids is 1. The number of benzene rings is 1. The van der Waals surface area contributed by atoms with E-state index in [0.717, 1.165) is 0 Å². The summed E-state index contributed by atoms with van der Waals surface area (Å²) in [5.41, 5.74) is 1.02. The van der Waals surface area contributed by atoms with Gasteiger partial charge in [0.2, 0.25) is 0 Å². The molecule has 1 heterocycles. The van der Waals surface area contributed by atoms with Crippen molar-refractivity contribution in [2.45, 2.75) is 0 Å². The smallest absolute Gasteiger partial charge is 0.339 e. The summed E-state index contributed by atoms with van der Waals surface area (Å²) in [6.07, 6.45) is 1.36. The zero-order valence-corrected chi connectivity index (χ0v) is 9.90. The van der Waals surface area contributed by atoms with Crippen LogP contribution in [-0.2, 0) is 0 Å². The van der Waals surface area contributed by atoms with Crippen LogP contribution < -0.4 is 0 Å². The number of carboxylic acid groups (broad SMARTS) is 1. The largest absolute Gasteiger partial charge is 0.478 e. The van der Waals surface area contributed by atoms with Gasteiger partial charge in [0.1, 0.15) is 5.56 Å². The van der Waals surface area contributed by atoms with Crippen LogP contribution in [0.3, 0.4) is 0 Å². The summed E-state index contributed by atoms with van der Waals surface area (Å²) >= 11 is 11.5. The molecule has 17 heavy (non-hydrogen) atoms. The van der Waals surface area contributed by atoms with Crippen LogP contribution in [0.25, 0.3) is 11.1 Å². The molecule has 1 aromatic heterocycles. The van der Waals surface area contributed by atoms with Crippen molar-refractivity contribution in [1.29, 1.82) is 0 Å². The van der Waals surface area contributed by atoms with Gasteiger partial charge in [0, 0.05) is 10.6 Å². The highest BCUT2D eigenvalue weighted by Gasteiger charge is 2.17. The fourth-order valence-corrected chi connectivity index (χ4v) is 1.77. The number of hydrogen-bond donors (Lipinski definition) is 1. The third-order valence-electron chi connectivity index (χ3n) is 2.18. The standard InChI is InChI=1S/C11H6Cl2N2O2/c12-7-3-1-6(2-4-7)8-5-14-15-10(13)9(8)11(16)17/h1-5H,(H,16,17). The maximum Gasteiger partial charge on any atom is 0.339 e. The fourth-order valence-electron chi connectivity index (χ4n) is 1.41. The SMILES string of the molecule is O=C(O)c1c(-c2ccc(Cl)cc2)cnnc1Cl. The molecule has 1 aromatic carbocycles. The van der Waals surface area contributed by atoms with Crippen molar-refractivity contribution < 1.29 is 9.90 Å². The normalized spacial score (nSPS) is 10.2. The molecule has 0 spiro atoms. The summed E-state index contributed by atoms with van der Waals surface area (Å²) in [7, 11) is 0. The molecule has 0 saturated carbocycles. The molecule has 6 heteroatoms. The second kappa shape index (κ2) is 4.69. The van der Waals surface area contributed by atoms with Crippen LogP contribution in [0.5, 0.6) is 0 Å². The Morgan fingerprint density at radius 2 is 1.82 bits per heavy atom. The summed E-state index contributed by atoms with van der Waals surface area (Å²) in [5, 5.41) is 16.7. The Balaban J connectivity index is 2.63. The first-order chi connectivity index (χ1) is 8.09. The molecule has 0 atom stereocenters. The van der Waals surface area contributed by atoms with E-state index in [0.29, 0.717) is 16.1 Å². The molecule has 0 radical (unpaired) electrons. The van der Waals surface area contributed by atoms with Crippen molar-refractivity contribution in [1.82, 2.24) is 10.2 Å². The van der Waals surface area contributed by atoms with Crippen LogP contribution in [0.2, 0.25) is 10.2 Å². The van der Waals surface area contributed by atoms with Crippen LogP contribution in [0.4, 0.5) is 0 Å². The zero-order valence-electron chi connectivity index (χ0n) is 8.39. The first kappa shape index (κ1) is 11.8. The molecule has 0 unspecified atom stereocenters. The number of hydrogen-bond acceptors (Lipinski definition) is 3. The first-order valence-electron chi connectivity index (χ1n) is 4.60. The van der Waals surface area contributed by atoms with Crippen molar-refractivity contribution in [3.63, 3.8) is 0 Å². The summed E-state index contributed by atoms with van der Waals surface area (Å²) < 4.78 is 0. The lowest BCUT2D eigenvalue weighted by Gasteiger charge is -2.06. The number of rotatable bonds is 2. The van der Waals surface area contributed by atoms with Gasteiger partial charge >= 0.3 is 5.97 Å². The second-order valence-corrected chi connectivity index (χ2v) is 4.03. The Labute approximate surface area is 107 Å². The van der Waals surface area contributed by atoms with Crippen LogP contribution >= 0.6 is 23.2 Å². The Hall–Kier alpha value is -1.65. The van der Waals surface area contributed by atoms with Gasteiger partial charge in [0.05, 0.1) is 6.20 Å². The van der Waals surface area contributed by atoms with E-state index in [4.69, 9.17) is 28.3 Å². The van der Waals surface area contributed by atoms with Gasteiger partial charge in [-0.15, -0.1) is 5.10 Å². The van der Waals surface area contributed by atoms with Gasteiger partial charge in [-0.1, -0.05) is 35.3 Å². The topological polar surface area (TPSA) is 63.1 Å². The fraction of sp³-hybridized carbons (Fsp3) is 0. The van der Waals surface area contributed by atoms with Crippen LogP contribution in [0.1, 0.15) is 10.4 Å². The number of halogens is 2. The van der Waals surface area contributed by atoms with Gasteiger partial charge in [-0.05, 0) is 17.7 Å². The molecule has 0 aliphatic rings. The predicted molar refractivity (Wildman–Crippen MR) is 64.4 cm³/mol. The van der Waals surface area contributed by atoms with E-state index in [1.807, 2.05) is 0 Å². The Bertz CT molecular complexity index is 570. The highest BCUT2D eigenvalue weighted by atomic mass is 35.5. The molecule has 0 aliphatic carbocycles. The molecule has 2 rings (SSSR count). The molecule has 0 amide bonds. The van der Waals surface area contributed by atoms with E-state index in [1.165, 1.54) is 6.20 Å².